The second-order valence-corrected chi connectivity index (χ2v) is 5.47. The Morgan fingerprint density at radius 3 is 2.81 bits per heavy atom. The van der Waals surface area contributed by atoms with Gasteiger partial charge in [0.25, 0.3) is 0 Å². The van der Waals surface area contributed by atoms with Crippen LogP contribution in [-0.4, -0.2) is 38.8 Å². The monoisotopic (exact) mass is 262 g/mol. The van der Waals surface area contributed by atoms with E-state index in [1.54, 1.807) is 18.4 Å². The lowest BCUT2D eigenvalue weighted by atomic mass is 10.2. The van der Waals surface area contributed by atoms with E-state index in [0.717, 1.165) is 23.9 Å². The summed E-state index contributed by atoms with van der Waals surface area (Å²) in [6.45, 7) is 2.37. The number of halogens is 1. The van der Waals surface area contributed by atoms with E-state index in [1.807, 2.05) is 6.07 Å². The summed E-state index contributed by atoms with van der Waals surface area (Å²) in [5.74, 6) is 0. The summed E-state index contributed by atoms with van der Waals surface area (Å²) in [5.41, 5.74) is 5.81. The van der Waals surface area contributed by atoms with Crippen molar-refractivity contribution in [1.29, 1.82) is 0 Å². The van der Waals surface area contributed by atoms with Crippen molar-refractivity contribution in [2.75, 3.05) is 33.9 Å². The van der Waals surface area contributed by atoms with Crippen molar-refractivity contribution in [1.82, 2.24) is 4.90 Å². The first kappa shape index (κ1) is 13.9. The number of nitrogens with two attached hydrogens (primary N) is 1. The Bertz CT molecular complexity index is 306. The molecule has 1 atom stereocenters. The Labute approximate surface area is 106 Å². The molecule has 0 spiro atoms. The van der Waals surface area contributed by atoms with Crippen LogP contribution in [0.5, 0.6) is 0 Å². The number of hydrogen-bond acceptors (Lipinski definition) is 4. The van der Waals surface area contributed by atoms with Crippen LogP contribution >= 0.6 is 22.9 Å². The van der Waals surface area contributed by atoms with Gasteiger partial charge in [-0.15, -0.1) is 11.3 Å². The molecule has 1 aromatic rings. The fourth-order valence-electron chi connectivity index (χ4n) is 1.63. The van der Waals surface area contributed by atoms with E-state index in [0.29, 0.717) is 6.54 Å². The van der Waals surface area contributed by atoms with E-state index in [2.05, 4.69) is 18.0 Å². The van der Waals surface area contributed by atoms with Gasteiger partial charge in [-0.25, -0.2) is 0 Å². The van der Waals surface area contributed by atoms with Gasteiger partial charge in [-0.1, -0.05) is 11.6 Å². The average molecular weight is 263 g/mol. The fraction of sp³-hybridized carbons (Fsp3) is 0.636. The Hall–Kier alpha value is -0.130. The number of methoxy groups -OCH3 is 1. The number of thiophene rings is 1. The lowest BCUT2D eigenvalue weighted by Gasteiger charge is -2.25. The molecule has 0 aliphatic rings. The zero-order chi connectivity index (χ0) is 12.0. The first-order valence-corrected chi connectivity index (χ1v) is 6.53. The molecule has 1 unspecified atom stereocenters. The fourth-order valence-corrected chi connectivity index (χ4v) is 2.87. The second kappa shape index (κ2) is 7.25. The van der Waals surface area contributed by atoms with Gasteiger partial charge in [0.15, 0.2) is 0 Å². The van der Waals surface area contributed by atoms with Gasteiger partial charge in [0.1, 0.15) is 0 Å². The minimum Gasteiger partial charge on any atom is -0.385 e. The van der Waals surface area contributed by atoms with Crippen LogP contribution in [0.4, 0.5) is 0 Å². The lowest BCUT2D eigenvalue weighted by Crippen LogP contribution is -2.31. The van der Waals surface area contributed by atoms with Gasteiger partial charge in [-0.2, -0.15) is 0 Å². The van der Waals surface area contributed by atoms with Crippen LogP contribution in [-0.2, 0) is 4.74 Å². The molecule has 0 bridgehead atoms. The molecule has 0 aliphatic carbocycles. The third-order valence-electron chi connectivity index (χ3n) is 2.54. The molecule has 0 aromatic carbocycles. The summed E-state index contributed by atoms with van der Waals surface area (Å²) < 4.78 is 5.86. The molecule has 0 fully saturated rings. The number of rotatable bonds is 7. The molecular formula is C11H19ClN2OS. The smallest absolute Gasteiger partial charge is 0.0931 e. The highest BCUT2D eigenvalue weighted by molar-refractivity contribution is 7.16. The van der Waals surface area contributed by atoms with Crippen LogP contribution < -0.4 is 5.73 Å². The summed E-state index contributed by atoms with van der Waals surface area (Å²) in [5, 5.41) is 0. The number of ether oxygens (including phenoxy) is 1. The topological polar surface area (TPSA) is 38.5 Å². The quantitative estimate of drug-likeness (QED) is 0.767. The molecule has 0 amide bonds. The first-order chi connectivity index (χ1) is 7.69. The summed E-state index contributed by atoms with van der Waals surface area (Å²) in [4.78, 5) is 3.48. The van der Waals surface area contributed by atoms with E-state index in [1.165, 1.54) is 4.88 Å². The van der Waals surface area contributed by atoms with Gasteiger partial charge in [0.2, 0.25) is 0 Å². The van der Waals surface area contributed by atoms with E-state index in [9.17, 15) is 0 Å². The lowest BCUT2D eigenvalue weighted by molar-refractivity contribution is 0.167. The molecule has 16 heavy (non-hydrogen) atoms. The first-order valence-electron chi connectivity index (χ1n) is 5.33. The molecule has 3 nitrogen and oxygen atoms in total. The van der Waals surface area contributed by atoms with E-state index in [-0.39, 0.29) is 6.04 Å². The second-order valence-electron chi connectivity index (χ2n) is 3.72. The van der Waals surface area contributed by atoms with Crippen LogP contribution in [0.2, 0.25) is 4.34 Å². The average Bonchev–Trinajstić information content (AvgIpc) is 2.66. The van der Waals surface area contributed by atoms with E-state index in [4.69, 9.17) is 22.1 Å². The third kappa shape index (κ3) is 4.03. The Kier molecular flexibility index (Phi) is 6.31. The SMILES string of the molecule is COCCCN(C)C(CN)c1ccc(Cl)s1. The van der Waals surface area contributed by atoms with Crippen molar-refractivity contribution in [2.24, 2.45) is 5.73 Å². The third-order valence-corrected chi connectivity index (χ3v) is 3.87. The largest absolute Gasteiger partial charge is 0.385 e. The molecule has 0 saturated heterocycles. The highest BCUT2D eigenvalue weighted by Gasteiger charge is 2.16. The molecule has 0 aliphatic heterocycles. The van der Waals surface area contributed by atoms with Crippen LogP contribution in [0.1, 0.15) is 17.3 Å². The van der Waals surface area contributed by atoms with Crippen LogP contribution in [0.15, 0.2) is 12.1 Å². The molecule has 1 heterocycles. The van der Waals surface area contributed by atoms with Crippen LogP contribution in [0.3, 0.4) is 0 Å². The van der Waals surface area contributed by atoms with E-state index >= 15 is 0 Å². The van der Waals surface area contributed by atoms with Crippen molar-refractivity contribution in [2.45, 2.75) is 12.5 Å². The molecular weight excluding hydrogens is 244 g/mol. The summed E-state index contributed by atoms with van der Waals surface area (Å²) in [7, 11) is 3.81. The summed E-state index contributed by atoms with van der Waals surface area (Å²) >= 11 is 7.53. The van der Waals surface area contributed by atoms with Gasteiger partial charge < -0.3 is 10.5 Å². The zero-order valence-electron chi connectivity index (χ0n) is 9.78. The molecule has 5 heteroatoms. The van der Waals surface area contributed by atoms with Gasteiger partial charge >= 0.3 is 0 Å². The maximum atomic E-state index is 5.93. The van der Waals surface area contributed by atoms with Gasteiger partial charge in [0, 0.05) is 31.7 Å². The molecule has 92 valence electrons. The number of nitrogens with zero attached hydrogens (tertiary/aromatic N) is 1. The van der Waals surface area contributed by atoms with Crippen molar-refractivity contribution in [3.8, 4) is 0 Å². The van der Waals surface area contributed by atoms with Gasteiger partial charge in [-0.05, 0) is 25.6 Å². The van der Waals surface area contributed by atoms with Crippen molar-refractivity contribution in [3.63, 3.8) is 0 Å². The highest BCUT2D eigenvalue weighted by Crippen LogP contribution is 2.29. The minimum atomic E-state index is 0.259. The molecule has 0 radical (unpaired) electrons. The molecule has 0 saturated carbocycles. The summed E-state index contributed by atoms with van der Waals surface area (Å²) in [6, 6.07) is 4.24. The predicted molar refractivity (Wildman–Crippen MR) is 70.2 cm³/mol. The Morgan fingerprint density at radius 2 is 2.31 bits per heavy atom. The van der Waals surface area contributed by atoms with Crippen LogP contribution in [0.25, 0.3) is 0 Å². The molecule has 2 N–H and O–H groups in total. The molecule has 1 rings (SSSR count). The predicted octanol–water partition coefficient (Wildman–Crippen LogP) is 2.37. The maximum absolute atomic E-state index is 5.93. The maximum Gasteiger partial charge on any atom is 0.0931 e. The van der Waals surface area contributed by atoms with Crippen LogP contribution in [0, 0.1) is 0 Å². The summed E-state index contributed by atoms with van der Waals surface area (Å²) in [6.07, 6.45) is 1.02. The zero-order valence-corrected chi connectivity index (χ0v) is 11.4. The number of likely N-dealkylation sites (N-methyl/N-ethyl adjacent to an activating group) is 1. The normalized spacial score (nSPS) is 13.3. The van der Waals surface area contributed by atoms with Crippen molar-refractivity contribution >= 4 is 22.9 Å². The molecule has 1 aromatic heterocycles. The number of hydrogen-bond donors (Lipinski definition) is 1. The Morgan fingerprint density at radius 1 is 1.56 bits per heavy atom. The van der Waals surface area contributed by atoms with Crippen molar-refractivity contribution in [3.05, 3.63) is 21.3 Å². The highest BCUT2D eigenvalue weighted by atomic mass is 35.5. The van der Waals surface area contributed by atoms with Gasteiger partial charge in [-0.3, -0.25) is 4.90 Å². The van der Waals surface area contributed by atoms with E-state index < -0.39 is 0 Å². The minimum absolute atomic E-state index is 0.259. The standard InChI is InChI=1S/C11H19ClN2OS/c1-14(6-3-7-15-2)9(8-13)10-4-5-11(12)16-10/h4-5,9H,3,6-8,13H2,1-2H3. The Balaban J connectivity index is 2.53. The van der Waals surface area contributed by atoms with Crippen molar-refractivity contribution < 1.29 is 4.74 Å². The van der Waals surface area contributed by atoms with Gasteiger partial charge in [0.05, 0.1) is 10.4 Å².